The summed E-state index contributed by atoms with van der Waals surface area (Å²) in [6.45, 7) is 8.60. The summed E-state index contributed by atoms with van der Waals surface area (Å²) in [7, 11) is 0. The highest BCUT2D eigenvalue weighted by atomic mass is 32.1. The zero-order valence-electron chi connectivity index (χ0n) is 17.4. The Bertz CT molecular complexity index is 1110. The number of rotatable bonds is 3. The van der Waals surface area contributed by atoms with Gasteiger partial charge in [-0.25, -0.2) is 4.98 Å². The molecule has 2 heterocycles. The van der Waals surface area contributed by atoms with Crippen molar-refractivity contribution in [3.63, 3.8) is 0 Å². The van der Waals surface area contributed by atoms with Gasteiger partial charge in [0.2, 0.25) is 5.91 Å². The smallest absolute Gasteiger partial charge is 0.263 e. The number of nitrogens with one attached hydrogen (secondary N) is 1. The van der Waals surface area contributed by atoms with Gasteiger partial charge >= 0.3 is 0 Å². The molecule has 1 amide bonds. The fourth-order valence-corrected chi connectivity index (χ4v) is 5.35. The Labute approximate surface area is 174 Å². The summed E-state index contributed by atoms with van der Waals surface area (Å²) < 4.78 is 1.46. The van der Waals surface area contributed by atoms with Crippen LogP contribution in [0.2, 0.25) is 0 Å². The standard InChI is InChI=1S/C23H27N3O2S/c1-14(20(27)25-16-8-6-5-7-9-16)26-13-24-21-19(22(26)28)17-11-10-15(23(2,3)4)12-18(17)29-21/h5-9,13-15H,10-12H2,1-4H3,(H,25,27)/t14-,15+/m0/s1. The third-order valence-electron chi connectivity index (χ3n) is 6.06. The van der Waals surface area contributed by atoms with Crippen molar-refractivity contribution in [1.82, 2.24) is 9.55 Å². The number of fused-ring (bicyclic) bond motifs is 3. The van der Waals surface area contributed by atoms with E-state index in [0.29, 0.717) is 17.0 Å². The summed E-state index contributed by atoms with van der Waals surface area (Å²) in [4.78, 5) is 32.6. The maximum absolute atomic E-state index is 13.3. The summed E-state index contributed by atoms with van der Waals surface area (Å²) in [5.74, 6) is 0.386. The molecule has 4 rings (SSSR count). The predicted octanol–water partition coefficient (Wildman–Crippen LogP) is 4.81. The van der Waals surface area contributed by atoms with Crippen LogP contribution in [0.5, 0.6) is 0 Å². The molecule has 1 N–H and O–H groups in total. The maximum atomic E-state index is 13.3. The average Bonchev–Trinajstić information content (AvgIpc) is 3.06. The highest BCUT2D eigenvalue weighted by Crippen LogP contribution is 2.42. The lowest BCUT2D eigenvalue weighted by molar-refractivity contribution is -0.118. The molecular formula is C23H27N3O2S. The summed E-state index contributed by atoms with van der Waals surface area (Å²) in [6.07, 6.45) is 4.51. The largest absolute Gasteiger partial charge is 0.324 e. The summed E-state index contributed by atoms with van der Waals surface area (Å²) in [6, 6.07) is 8.64. The molecule has 0 saturated heterocycles. The molecule has 0 aliphatic heterocycles. The lowest BCUT2D eigenvalue weighted by Gasteiger charge is -2.33. The van der Waals surface area contributed by atoms with Crippen molar-refractivity contribution in [2.75, 3.05) is 5.32 Å². The van der Waals surface area contributed by atoms with Crippen LogP contribution in [-0.2, 0) is 17.6 Å². The Morgan fingerprint density at radius 2 is 2.00 bits per heavy atom. The minimum atomic E-state index is -0.638. The van der Waals surface area contributed by atoms with E-state index in [1.165, 1.54) is 15.8 Å². The molecule has 152 valence electrons. The monoisotopic (exact) mass is 409 g/mol. The first kappa shape index (κ1) is 19.8. The highest BCUT2D eigenvalue weighted by molar-refractivity contribution is 7.18. The maximum Gasteiger partial charge on any atom is 0.263 e. The van der Waals surface area contributed by atoms with Gasteiger partial charge in [0.25, 0.3) is 5.56 Å². The molecule has 5 nitrogen and oxygen atoms in total. The topological polar surface area (TPSA) is 64.0 Å². The molecule has 2 aromatic heterocycles. The van der Waals surface area contributed by atoms with Crippen molar-refractivity contribution >= 4 is 33.1 Å². The van der Waals surface area contributed by atoms with Gasteiger partial charge in [0, 0.05) is 10.6 Å². The van der Waals surface area contributed by atoms with Crippen molar-refractivity contribution in [3.8, 4) is 0 Å². The van der Waals surface area contributed by atoms with Crippen molar-refractivity contribution in [2.24, 2.45) is 11.3 Å². The number of hydrogen-bond acceptors (Lipinski definition) is 4. The van der Waals surface area contributed by atoms with E-state index in [1.54, 1.807) is 18.3 Å². The van der Waals surface area contributed by atoms with E-state index in [4.69, 9.17) is 0 Å². The number of amides is 1. The molecule has 6 heteroatoms. The van der Waals surface area contributed by atoms with Crippen LogP contribution in [0.1, 0.15) is 50.6 Å². The molecule has 0 unspecified atom stereocenters. The Morgan fingerprint density at radius 1 is 1.28 bits per heavy atom. The Morgan fingerprint density at radius 3 is 2.69 bits per heavy atom. The molecule has 3 aromatic rings. The minimum Gasteiger partial charge on any atom is -0.324 e. The molecule has 0 bridgehead atoms. The zero-order valence-corrected chi connectivity index (χ0v) is 18.2. The van der Waals surface area contributed by atoms with E-state index >= 15 is 0 Å². The zero-order chi connectivity index (χ0) is 20.8. The van der Waals surface area contributed by atoms with Gasteiger partial charge in [-0.15, -0.1) is 11.3 Å². The average molecular weight is 410 g/mol. The molecule has 1 aliphatic carbocycles. The quantitative estimate of drug-likeness (QED) is 0.675. The number of carbonyl (C=O) groups excluding carboxylic acids is 1. The van der Waals surface area contributed by atoms with E-state index in [2.05, 4.69) is 31.1 Å². The lowest BCUT2D eigenvalue weighted by atomic mass is 9.72. The second-order valence-corrected chi connectivity index (χ2v) is 10.1. The molecule has 0 radical (unpaired) electrons. The van der Waals surface area contributed by atoms with Crippen LogP contribution in [0.25, 0.3) is 10.2 Å². The second kappa shape index (κ2) is 7.41. The van der Waals surface area contributed by atoms with E-state index in [1.807, 2.05) is 30.3 Å². The summed E-state index contributed by atoms with van der Waals surface area (Å²) in [5.41, 5.74) is 2.00. The van der Waals surface area contributed by atoms with Crippen LogP contribution < -0.4 is 10.9 Å². The third kappa shape index (κ3) is 3.73. The first-order valence-electron chi connectivity index (χ1n) is 10.1. The third-order valence-corrected chi connectivity index (χ3v) is 7.22. The minimum absolute atomic E-state index is 0.113. The van der Waals surface area contributed by atoms with Crippen molar-refractivity contribution in [1.29, 1.82) is 0 Å². The van der Waals surface area contributed by atoms with Crippen molar-refractivity contribution in [2.45, 2.75) is 53.0 Å². The number of aromatic nitrogens is 2. The Kier molecular flexibility index (Phi) is 5.07. The molecule has 0 saturated carbocycles. The number of benzene rings is 1. The SMILES string of the molecule is C[C@@H](C(=O)Nc1ccccc1)n1cnc2sc3c(c2c1=O)CC[C@@H](C(C)(C)C)C3. The van der Waals surface area contributed by atoms with Crippen LogP contribution in [0.15, 0.2) is 41.5 Å². The molecule has 1 aliphatic rings. The van der Waals surface area contributed by atoms with E-state index in [9.17, 15) is 9.59 Å². The summed E-state index contributed by atoms with van der Waals surface area (Å²) >= 11 is 1.64. The van der Waals surface area contributed by atoms with Gasteiger partial charge in [-0.3, -0.25) is 14.2 Å². The van der Waals surface area contributed by atoms with Crippen LogP contribution >= 0.6 is 11.3 Å². The second-order valence-electron chi connectivity index (χ2n) is 8.98. The Hall–Kier alpha value is -2.47. The van der Waals surface area contributed by atoms with Gasteiger partial charge in [-0.1, -0.05) is 39.0 Å². The van der Waals surface area contributed by atoms with E-state index < -0.39 is 6.04 Å². The first-order valence-corrected chi connectivity index (χ1v) is 10.9. The van der Waals surface area contributed by atoms with Gasteiger partial charge < -0.3 is 5.32 Å². The first-order chi connectivity index (χ1) is 13.8. The number of aryl methyl sites for hydroxylation is 1. The highest BCUT2D eigenvalue weighted by Gasteiger charge is 2.32. The fraction of sp³-hybridized carbons (Fsp3) is 0.435. The molecule has 1 aromatic carbocycles. The summed E-state index contributed by atoms with van der Waals surface area (Å²) in [5, 5.41) is 3.58. The van der Waals surface area contributed by atoms with E-state index in [-0.39, 0.29) is 16.9 Å². The number of para-hydroxylation sites is 1. The molecule has 0 fully saturated rings. The van der Waals surface area contributed by atoms with Crippen LogP contribution in [0, 0.1) is 11.3 Å². The van der Waals surface area contributed by atoms with Crippen LogP contribution in [0.4, 0.5) is 5.69 Å². The van der Waals surface area contributed by atoms with Gasteiger partial charge in [0.05, 0.1) is 11.7 Å². The van der Waals surface area contributed by atoms with Crippen molar-refractivity contribution < 1.29 is 4.79 Å². The van der Waals surface area contributed by atoms with Gasteiger partial charge in [-0.05, 0) is 55.2 Å². The van der Waals surface area contributed by atoms with Gasteiger partial charge in [0.1, 0.15) is 10.9 Å². The van der Waals surface area contributed by atoms with Crippen LogP contribution in [0.3, 0.4) is 0 Å². The van der Waals surface area contributed by atoms with E-state index in [0.717, 1.165) is 29.7 Å². The number of hydrogen-bond donors (Lipinski definition) is 1. The number of carbonyl (C=O) groups is 1. The predicted molar refractivity (Wildman–Crippen MR) is 119 cm³/mol. The fourth-order valence-electron chi connectivity index (χ4n) is 4.09. The van der Waals surface area contributed by atoms with Gasteiger partial charge in [-0.2, -0.15) is 0 Å². The molecule has 2 atom stereocenters. The van der Waals surface area contributed by atoms with Gasteiger partial charge in [0.15, 0.2) is 0 Å². The number of anilines is 1. The molecule has 0 spiro atoms. The number of nitrogens with zero attached hydrogens (tertiary/aromatic N) is 2. The lowest BCUT2D eigenvalue weighted by Crippen LogP contribution is -2.32. The van der Waals surface area contributed by atoms with Crippen molar-refractivity contribution in [3.05, 3.63) is 57.5 Å². The number of thiophene rings is 1. The normalized spacial score (nSPS) is 17.7. The Balaban J connectivity index is 1.66. The molecule has 29 heavy (non-hydrogen) atoms. The molecular weight excluding hydrogens is 382 g/mol. The van der Waals surface area contributed by atoms with Crippen LogP contribution in [-0.4, -0.2) is 15.5 Å².